The molecule has 0 spiro atoms. The van der Waals surface area contributed by atoms with Crippen molar-refractivity contribution in [2.45, 2.75) is 45.6 Å². The van der Waals surface area contributed by atoms with E-state index in [2.05, 4.69) is 11.1 Å². The van der Waals surface area contributed by atoms with E-state index in [9.17, 15) is 14.0 Å². The Morgan fingerprint density at radius 2 is 2.06 bits per heavy atom. The van der Waals surface area contributed by atoms with E-state index in [4.69, 9.17) is 15.1 Å². The molecular formula is C26H28FN3O4. The van der Waals surface area contributed by atoms with Crippen molar-refractivity contribution in [1.82, 2.24) is 9.55 Å². The number of aryl methyl sites for hydroxylation is 1. The minimum Gasteiger partial charge on any atom is -0.481 e. The molecule has 0 radical (unpaired) electrons. The predicted octanol–water partition coefficient (Wildman–Crippen LogP) is 4.81. The first-order chi connectivity index (χ1) is 16.3. The molecule has 7 nitrogen and oxygen atoms in total. The van der Waals surface area contributed by atoms with Crippen molar-refractivity contribution in [3.8, 4) is 6.07 Å². The fraction of sp³-hybridized carbons (Fsp3) is 0.385. The van der Waals surface area contributed by atoms with Crippen LogP contribution in [0.1, 0.15) is 59.8 Å². The van der Waals surface area contributed by atoms with Crippen LogP contribution in [0, 0.1) is 23.1 Å². The molecule has 0 aliphatic heterocycles. The van der Waals surface area contributed by atoms with Gasteiger partial charge in [-0.2, -0.15) is 5.26 Å². The monoisotopic (exact) mass is 465 g/mol. The van der Waals surface area contributed by atoms with Crippen LogP contribution in [-0.4, -0.2) is 33.0 Å². The number of aliphatic carboxylic acids is 1. The summed E-state index contributed by atoms with van der Waals surface area (Å²) < 4.78 is 21.5. The molecule has 1 N–H and O–H groups in total. The third-order valence-corrected chi connectivity index (χ3v) is 5.73. The van der Waals surface area contributed by atoms with Gasteiger partial charge in [0.2, 0.25) is 0 Å². The number of fused-ring (bicyclic) bond motifs is 1. The van der Waals surface area contributed by atoms with Crippen molar-refractivity contribution in [3.63, 3.8) is 0 Å². The van der Waals surface area contributed by atoms with E-state index in [1.807, 2.05) is 16.7 Å². The van der Waals surface area contributed by atoms with Crippen LogP contribution in [-0.2, 0) is 29.6 Å². The molecule has 0 amide bonds. The van der Waals surface area contributed by atoms with Gasteiger partial charge in [0, 0.05) is 43.1 Å². The predicted molar refractivity (Wildman–Crippen MR) is 125 cm³/mol. The fourth-order valence-corrected chi connectivity index (χ4v) is 4.14. The van der Waals surface area contributed by atoms with Crippen LogP contribution in [0.25, 0.3) is 11.0 Å². The zero-order valence-electron chi connectivity index (χ0n) is 19.4. The van der Waals surface area contributed by atoms with E-state index < -0.39 is 11.8 Å². The third-order valence-electron chi connectivity index (χ3n) is 5.73. The Morgan fingerprint density at radius 1 is 1.26 bits per heavy atom. The molecule has 178 valence electrons. The highest BCUT2D eigenvalue weighted by Gasteiger charge is 2.24. The molecule has 1 aromatic carbocycles. The summed E-state index contributed by atoms with van der Waals surface area (Å²) in [5.74, 6) is -2.01. The molecule has 34 heavy (non-hydrogen) atoms. The summed E-state index contributed by atoms with van der Waals surface area (Å²) in [5.41, 5.74) is 3.25. The third kappa shape index (κ3) is 6.27. The van der Waals surface area contributed by atoms with Gasteiger partial charge in [-0.05, 0) is 48.9 Å². The van der Waals surface area contributed by atoms with Gasteiger partial charge in [0.25, 0.3) is 0 Å². The number of carbonyl (C=O) groups excluding carboxylic acids is 1. The number of hydrogen-bond acceptors (Lipinski definition) is 5. The Kier molecular flexibility index (Phi) is 8.50. The minimum atomic E-state index is -0.953. The standard InChI is InChI=1S/C26H28FN3O4/c1-17(11-24(32)33)10-23(31)25-21-13-20(27)15-29-26(21)30(2)22(25)8-3-4-9-34-16-19-7-5-6-18(12-19)14-28/h5-7,12-13,15,17H,3-4,8-11,16H2,1-2H3,(H,32,33)/t17-/m0/s1. The lowest BCUT2D eigenvalue weighted by Gasteiger charge is -2.11. The van der Waals surface area contributed by atoms with Gasteiger partial charge in [0.1, 0.15) is 11.5 Å². The normalized spacial score (nSPS) is 11.9. The number of hydrogen-bond donors (Lipinski definition) is 1. The number of rotatable bonds is 12. The molecule has 2 heterocycles. The number of carboxylic acids is 1. The number of carbonyl (C=O) groups is 2. The highest BCUT2D eigenvalue weighted by atomic mass is 19.1. The van der Waals surface area contributed by atoms with E-state index in [1.54, 1.807) is 26.1 Å². The summed E-state index contributed by atoms with van der Waals surface area (Å²) in [6.07, 6.45) is 3.17. The summed E-state index contributed by atoms with van der Waals surface area (Å²) in [7, 11) is 1.80. The van der Waals surface area contributed by atoms with E-state index in [1.165, 1.54) is 6.07 Å². The molecule has 0 saturated carbocycles. The second kappa shape index (κ2) is 11.5. The topological polar surface area (TPSA) is 105 Å². The van der Waals surface area contributed by atoms with Crippen LogP contribution >= 0.6 is 0 Å². The molecular weight excluding hydrogens is 437 g/mol. The lowest BCUT2D eigenvalue weighted by atomic mass is 9.94. The molecule has 1 atom stereocenters. The number of nitrogens with zero attached hydrogens (tertiary/aromatic N) is 3. The Balaban J connectivity index is 1.67. The number of aromatic nitrogens is 2. The fourth-order valence-electron chi connectivity index (χ4n) is 4.14. The second-order valence-electron chi connectivity index (χ2n) is 8.56. The summed E-state index contributed by atoms with van der Waals surface area (Å²) >= 11 is 0. The minimum absolute atomic E-state index is 0.0692. The molecule has 8 heteroatoms. The van der Waals surface area contributed by atoms with Crippen LogP contribution in [0.15, 0.2) is 36.5 Å². The molecule has 0 fully saturated rings. The summed E-state index contributed by atoms with van der Waals surface area (Å²) in [4.78, 5) is 28.3. The van der Waals surface area contributed by atoms with Crippen LogP contribution in [0.4, 0.5) is 4.39 Å². The molecule has 0 aliphatic carbocycles. The van der Waals surface area contributed by atoms with Crippen molar-refractivity contribution < 1.29 is 23.8 Å². The van der Waals surface area contributed by atoms with Gasteiger partial charge < -0.3 is 14.4 Å². The highest BCUT2D eigenvalue weighted by Crippen LogP contribution is 2.28. The summed E-state index contributed by atoms with van der Waals surface area (Å²) in [6, 6.07) is 10.7. The first-order valence-corrected chi connectivity index (χ1v) is 11.2. The second-order valence-corrected chi connectivity index (χ2v) is 8.56. The number of ketones is 1. The van der Waals surface area contributed by atoms with E-state index >= 15 is 0 Å². The van der Waals surface area contributed by atoms with E-state index in [0.29, 0.717) is 41.8 Å². The van der Waals surface area contributed by atoms with Crippen molar-refractivity contribution >= 4 is 22.8 Å². The smallest absolute Gasteiger partial charge is 0.303 e. The van der Waals surface area contributed by atoms with Gasteiger partial charge in [-0.3, -0.25) is 9.59 Å². The van der Waals surface area contributed by atoms with Crippen LogP contribution in [0.5, 0.6) is 0 Å². The number of pyridine rings is 1. The molecule has 2 aromatic heterocycles. The Hall–Kier alpha value is -3.57. The highest BCUT2D eigenvalue weighted by molar-refractivity contribution is 6.09. The Bertz CT molecular complexity index is 1230. The van der Waals surface area contributed by atoms with Crippen LogP contribution in [0.2, 0.25) is 0 Å². The first-order valence-electron chi connectivity index (χ1n) is 11.2. The van der Waals surface area contributed by atoms with Gasteiger partial charge in [0.05, 0.1) is 24.4 Å². The summed E-state index contributed by atoms with van der Waals surface area (Å²) in [5, 5.41) is 18.5. The molecule has 3 rings (SSSR count). The maximum atomic E-state index is 13.9. The molecule has 0 saturated heterocycles. The lowest BCUT2D eigenvalue weighted by molar-refractivity contribution is -0.137. The van der Waals surface area contributed by atoms with Crippen molar-refractivity contribution in [2.75, 3.05) is 6.61 Å². The number of carboxylic acid groups (broad SMARTS) is 1. The zero-order valence-corrected chi connectivity index (χ0v) is 19.4. The number of Topliss-reactive ketones (excluding diaryl/α,β-unsaturated/α-hetero) is 1. The molecule has 3 aromatic rings. The maximum absolute atomic E-state index is 13.9. The van der Waals surface area contributed by atoms with Gasteiger partial charge in [-0.25, -0.2) is 9.37 Å². The Labute approximate surface area is 197 Å². The van der Waals surface area contributed by atoms with Crippen molar-refractivity contribution in [2.24, 2.45) is 13.0 Å². The van der Waals surface area contributed by atoms with Crippen molar-refractivity contribution in [1.29, 1.82) is 5.26 Å². The number of halogens is 1. The molecule has 0 bridgehead atoms. The van der Waals surface area contributed by atoms with Gasteiger partial charge in [-0.1, -0.05) is 19.1 Å². The number of unbranched alkanes of at least 4 members (excludes halogenated alkanes) is 1. The largest absolute Gasteiger partial charge is 0.481 e. The van der Waals surface area contributed by atoms with E-state index in [-0.39, 0.29) is 24.5 Å². The molecule has 0 aliphatic rings. The SMILES string of the molecule is C[C@H](CC(=O)O)CC(=O)c1c(CCCCOCc2cccc(C#N)c2)n(C)c2ncc(F)cc12. The zero-order chi connectivity index (χ0) is 24.7. The van der Waals surface area contributed by atoms with Gasteiger partial charge in [-0.15, -0.1) is 0 Å². The quantitative estimate of drug-likeness (QED) is 0.304. The summed E-state index contributed by atoms with van der Waals surface area (Å²) in [6.45, 7) is 2.66. The number of benzene rings is 1. The molecule has 0 unspecified atom stereocenters. The van der Waals surface area contributed by atoms with E-state index in [0.717, 1.165) is 30.3 Å². The van der Waals surface area contributed by atoms with Crippen LogP contribution < -0.4 is 0 Å². The number of ether oxygens (including phenoxy) is 1. The average molecular weight is 466 g/mol. The average Bonchev–Trinajstić information content (AvgIpc) is 3.06. The van der Waals surface area contributed by atoms with Gasteiger partial charge in [0.15, 0.2) is 5.78 Å². The number of nitriles is 1. The van der Waals surface area contributed by atoms with Gasteiger partial charge >= 0.3 is 5.97 Å². The lowest BCUT2D eigenvalue weighted by Crippen LogP contribution is -2.12. The first kappa shape index (κ1) is 25.1. The maximum Gasteiger partial charge on any atom is 0.303 e. The van der Waals surface area contributed by atoms with Crippen LogP contribution in [0.3, 0.4) is 0 Å². The van der Waals surface area contributed by atoms with Crippen molar-refractivity contribution in [3.05, 3.63) is 64.7 Å². The Morgan fingerprint density at radius 3 is 2.79 bits per heavy atom.